The van der Waals surface area contributed by atoms with Crippen molar-refractivity contribution in [2.75, 3.05) is 31.1 Å². The van der Waals surface area contributed by atoms with Crippen LogP contribution in [0.25, 0.3) is 11.1 Å². The number of aromatic nitrogens is 2. The largest absolute Gasteiger partial charge is 0.481 e. The highest BCUT2D eigenvalue weighted by molar-refractivity contribution is 5.95. The van der Waals surface area contributed by atoms with Crippen LogP contribution in [-0.4, -0.2) is 64.6 Å². The summed E-state index contributed by atoms with van der Waals surface area (Å²) in [4.78, 5) is 32.2. The molecule has 0 aliphatic carbocycles. The number of hydrogen-bond donors (Lipinski definition) is 1. The Morgan fingerprint density at radius 1 is 1.05 bits per heavy atom. The summed E-state index contributed by atoms with van der Waals surface area (Å²) in [6.45, 7) is 5.40. The zero-order valence-corrected chi connectivity index (χ0v) is 23.1. The molecule has 2 saturated heterocycles. The summed E-state index contributed by atoms with van der Waals surface area (Å²) < 4.78 is 42.9. The number of carbonyl (C=O) groups is 2. The number of benzene rings is 2. The van der Waals surface area contributed by atoms with Crippen LogP contribution >= 0.6 is 0 Å². The summed E-state index contributed by atoms with van der Waals surface area (Å²) in [6, 6.07) is 12.8. The number of rotatable bonds is 5. The second-order valence-corrected chi connectivity index (χ2v) is 11.6. The first-order valence-corrected chi connectivity index (χ1v) is 14.0. The Hall–Kier alpha value is -4.02. The summed E-state index contributed by atoms with van der Waals surface area (Å²) in [6.07, 6.45) is 0.416. The van der Waals surface area contributed by atoms with Gasteiger partial charge in [0.15, 0.2) is 11.4 Å². The highest BCUT2D eigenvalue weighted by Gasteiger charge is 2.59. The molecule has 2 aromatic carbocycles. The number of halogens is 2. The number of likely N-dealkylation sites (tertiary alicyclic amines) is 1. The van der Waals surface area contributed by atoms with Gasteiger partial charge in [0, 0.05) is 62.5 Å². The van der Waals surface area contributed by atoms with Crippen LogP contribution in [0.2, 0.25) is 0 Å². The quantitative estimate of drug-likeness (QED) is 0.487. The van der Waals surface area contributed by atoms with E-state index in [4.69, 9.17) is 15.0 Å². The first-order valence-electron chi connectivity index (χ1n) is 14.0. The lowest BCUT2D eigenvalue weighted by atomic mass is 9.79. The third kappa shape index (κ3) is 4.91. The van der Waals surface area contributed by atoms with Gasteiger partial charge in [0.25, 0.3) is 11.8 Å². The molecule has 4 heterocycles. The maximum atomic E-state index is 15.7. The molecule has 9 nitrogen and oxygen atoms in total. The minimum Gasteiger partial charge on any atom is -0.481 e. The molecule has 6 rings (SSSR count). The van der Waals surface area contributed by atoms with E-state index in [0.29, 0.717) is 61.3 Å². The van der Waals surface area contributed by atoms with Gasteiger partial charge < -0.3 is 24.8 Å². The van der Waals surface area contributed by atoms with Gasteiger partial charge in [-0.1, -0.05) is 37.2 Å². The summed E-state index contributed by atoms with van der Waals surface area (Å²) >= 11 is 0. The number of ether oxygens (including phenoxy) is 1. The van der Waals surface area contributed by atoms with E-state index in [1.54, 1.807) is 41.3 Å². The Balaban J connectivity index is 1.15. The third-order valence-electron chi connectivity index (χ3n) is 8.58. The fourth-order valence-corrected chi connectivity index (χ4v) is 5.96. The predicted molar refractivity (Wildman–Crippen MR) is 147 cm³/mol. The van der Waals surface area contributed by atoms with Gasteiger partial charge in [-0.05, 0) is 41.8 Å². The lowest BCUT2D eigenvalue weighted by Crippen LogP contribution is -2.61. The highest BCUT2D eigenvalue weighted by atomic mass is 19.3. The van der Waals surface area contributed by atoms with E-state index >= 15 is 8.78 Å². The first kappa shape index (κ1) is 27.2. The second-order valence-electron chi connectivity index (χ2n) is 11.6. The average molecular weight is 566 g/mol. The van der Waals surface area contributed by atoms with Gasteiger partial charge in [0.1, 0.15) is 5.75 Å². The Morgan fingerprint density at radius 2 is 1.76 bits per heavy atom. The van der Waals surface area contributed by atoms with Crippen molar-refractivity contribution in [1.82, 2.24) is 15.0 Å². The summed E-state index contributed by atoms with van der Waals surface area (Å²) in [5.41, 5.74) is 6.31. The van der Waals surface area contributed by atoms with Gasteiger partial charge in [-0.25, -0.2) is 8.78 Å². The second kappa shape index (κ2) is 10.1. The van der Waals surface area contributed by atoms with Crippen molar-refractivity contribution in [1.29, 1.82) is 0 Å². The molecule has 3 aromatic rings. The molecular formula is C30H33F2N5O4. The summed E-state index contributed by atoms with van der Waals surface area (Å²) in [7, 11) is 0. The van der Waals surface area contributed by atoms with Crippen LogP contribution in [0.4, 0.5) is 14.8 Å². The zero-order valence-electron chi connectivity index (χ0n) is 23.1. The standard InChI is InChI=1S/C30H33F2N5O4/c1-18(2)26-34-28(41-35-26)36-13-10-29(11-14-36)30(31,32)16-23-15-21(7-8-24(23)40-29)19-3-5-20(6-4-19)27(39)37-12-9-22(17-37)25(33)38/h3-8,15,18,22H,9-14,16-17H2,1-2H3,(H2,33,38). The third-order valence-corrected chi connectivity index (χ3v) is 8.58. The molecule has 2 fully saturated rings. The molecule has 41 heavy (non-hydrogen) atoms. The molecule has 1 unspecified atom stereocenters. The van der Waals surface area contributed by atoms with Gasteiger partial charge in [0.2, 0.25) is 5.91 Å². The number of piperidine rings is 1. The number of carbonyl (C=O) groups excluding carboxylic acids is 2. The zero-order chi connectivity index (χ0) is 28.9. The molecule has 1 aromatic heterocycles. The van der Waals surface area contributed by atoms with Crippen molar-refractivity contribution < 1.29 is 27.6 Å². The van der Waals surface area contributed by atoms with E-state index in [1.165, 1.54) is 0 Å². The number of hydrogen-bond acceptors (Lipinski definition) is 7. The van der Waals surface area contributed by atoms with Crippen molar-refractivity contribution in [2.24, 2.45) is 11.7 Å². The van der Waals surface area contributed by atoms with Gasteiger partial charge in [0.05, 0.1) is 5.92 Å². The molecule has 2 N–H and O–H groups in total. The molecule has 0 bridgehead atoms. The number of anilines is 1. The fourth-order valence-electron chi connectivity index (χ4n) is 5.96. The number of nitrogens with zero attached hydrogens (tertiary/aromatic N) is 4. The number of fused-ring (bicyclic) bond motifs is 1. The van der Waals surface area contributed by atoms with Gasteiger partial charge >= 0.3 is 6.01 Å². The van der Waals surface area contributed by atoms with Crippen molar-refractivity contribution >= 4 is 17.8 Å². The van der Waals surface area contributed by atoms with Crippen LogP contribution in [0.3, 0.4) is 0 Å². The molecule has 3 aliphatic rings. The van der Waals surface area contributed by atoms with E-state index in [0.717, 1.165) is 11.1 Å². The van der Waals surface area contributed by atoms with Gasteiger partial charge in [-0.15, -0.1) is 0 Å². The number of nitrogens with two attached hydrogens (primary N) is 1. The SMILES string of the molecule is CC(C)c1noc(N2CCC3(CC2)Oc2ccc(-c4ccc(C(=O)N5CCC(C(N)=O)C5)cc4)cc2CC3(F)F)n1. The lowest BCUT2D eigenvalue weighted by Gasteiger charge is -2.48. The van der Waals surface area contributed by atoms with E-state index < -0.39 is 23.9 Å². The van der Waals surface area contributed by atoms with Gasteiger partial charge in [-0.2, -0.15) is 4.98 Å². The molecule has 216 valence electrons. The molecule has 3 aliphatic heterocycles. The van der Waals surface area contributed by atoms with Crippen molar-refractivity contribution in [3.8, 4) is 16.9 Å². The van der Waals surface area contributed by atoms with Crippen LogP contribution in [0.1, 0.15) is 60.8 Å². The molecule has 1 atom stereocenters. The summed E-state index contributed by atoms with van der Waals surface area (Å²) in [5, 5.41) is 3.98. The molecular weight excluding hydrogens is 532 g/mol. The van der Waals surface area contributed by atoms with E-state index in [9.17, 15) is 9.59 Å². The van der Waals surface area contributed by atoms with E-state index in [-0.39, 0.29) is 30.6 Å². The minimum absolute atomic E-state index is 0.115. The lowest BCUT2D eigenvalue weighted by molar-refractivity contribution is -0.185. The van der Waals surface area contributed by atoms with Crippen LogP contribution in [0.15, 0.2) is 47.0 Å². The first-order chi connectivity index (χ1) is 19.5. The molecule has 1 spiro atoms. The average Bonchev–Trinajstić information content (AvgIpc) is 3.65. The van der Waals surface area contributed by atoms with Crippen LogP contribution in [0, 0.1) is 5.92 Å². The Bertz CT molecular complexity index is 1460. The van der Waals surface area contributed by atoms with E-state index in [1.807, 2.05) is 24.8 Å². The maximum Gasteiger partial charge on any atom is 0.324 e. The Morgan fingerprint density at radius 3 is 2.39 bits per heavy atom. The van der Waals surface area contributed by atoms with Crippen LogP contribution in [0.5, 0.6) is 5.75 Å². The van der Waals surface area contributed by atoms with Crippen LogP contribution < -0.4 is 15.4 Å². The molecule has 0 radical (unpaired) electrons. The minimum atomic E-state index is -3.06. The Kier molecular flexibility index (Phi) is 6.70. The molecule has 2 amide bonds. The Labute approximate surface area is 236 Å². The summed E-state index contributed by atoms with van der Waals surface area (Å²) in [5.74, 6) is -2.74. The number of alkyl halides is 2. The monoisotopic (exact) mass is 565 g/mol. The van der Waals surface area contributed by atoms with Crippen molar-refractivity contribution in [2.45, 2.75) is 57.0 Å². The topological polar surface area (TPSA) is 115 Å². The van der Waals surface area contributed by atoms with Crippen molar-refractivity contribution in [3.63, 3.8) is 0 Å². The number of amides is 2. The van der Waals surface area contributed by atoms with Crippen LogP contribution in [-0.2, 0) is 11.2 Å². The normalized spacial score (nSPS) is 21.1. The van der Waals surface area contributed by atoms with Crippen molar-refractivity contribution in [3.05, 3.63) is 59.4 Å². The predicted octanol–water partition coefficient (Wildman–Crippen LogP) is 4.42. The molecule has 0 saturated carbocycles. The number of primary amides is 1. The smallest absolute Gasteiger partial charge is 0.324 e. The maximum absolute atomic E-state index is 15.7. The van der Waals surface area contributed by atoms with Gasteiger partial charge in [-0.3, -0.25) is 9.59 Å². The molecule has 11 heteroatoms. The highest BCUT2D eigenvalue weighted by Crippen LogP contribution is 2.49. The van der Waals surface area contributed by atoms with E-state index in [2.05, 4.69) is 10.1 Å². The fraction of sp³-hybridized carbons (Fsp3) is 0.467.